The van der Waals surface area contributed by atoms with E-state index in [2.05, 4.69) is 9.72 Å². The lowest BCUT2D eigenvalue weighted by atomic mass is 10.2. The number of carbonyl (C=O) groups excluding carboxylic acids is 1. The van der Waals surface area contributed by atoms with Gasteiger partial charge in [0.2, 0.25) is 0 Å². The molecule has 0 bridgehead atoms. The lowest BCUT2D eigenvalue weighted by Crippen LogP contribution is -1.98. The summed E-state index contributed by atoms with van der Waals surface area (Å²) in [5.41, 5.74) is -0.0444. The number of hydrogen-bond acceptors (Lipinski definition) is 4. The van der Waals surface area contributed by atoms with Gasteiger partial charge < -0.3 is 4.74 Å². The summed E-state index contributed by atoms with van der Waals surface area (Å²) in [5, 5.41) is 0.0305. The smallest absolute Gasteiger partial charge is 0.351 e. The first-order chi connectivity index (χ1) is 8.52. The van der Waals surface area contributed by atoms with Gasteiger partial charge in [-0.2, -0.15) is 0 Å². The standard InChI is InChI=1S/C11H6ClF2NO2S/c1-17-11(16)8-9(12)15-10(18-8)6-4-5(13)2-3-7(6)14/h2-4H,1H3. The van der Waals surface area contributed by atoms with Gasteiger partial charge in [-0.05, 0) is 18.2 Å². The summed E-state index contributed by atoms with van der Waals surface area (Å²) in [6, 6.07) is 2.97. The monoisotopic (exact) mass is 289 g/mol. The third-order valence-corrected chi connectivity index (χ3v) is 3.57. The van der Waals surface area contributed by atoms with Gasteiger partial charge in [0, 0.05) is 5.56 Å². The average Bonchev–Trinajstić information content (AvgIpc) is 2.73. The molecular formula is C11H6ClF2NO2S. The van der Waals surface area contributed by atoms with Crippen molar-refractivity contribution in [1.82, 2.24) is 4.98 Å². The van der Waals surface area contributed by atoms with Crippen LogP contribution in [0.15, 0.2) is 18.2 Å². The number of aromatic nitrogens is 1. The Balaban J connectivity index is 2.52. The maximum atomic E-state index is 13.5. The van der Waals surface area contributed by atoms with E-state index in [-0.39, 0.29) is 20.6 Å². The first-order valence-corrected chi connectivity index (χ1v) is 5.92. The van der Waals surface area contributed by atoms with Crippen LogP contribution in [0.4, 0.5) is 8.78 Å². The Labute approximate surface area is 110 Å². The van der Waals surface area contributed by atoms with Gasteiger partial charge in [-0.25, -0.2) is 18.6 Å². The third-order valence-electron chi connectivity index (χ3n) is 2.12. The van der Waals surface area contributed by atoms with Crippen LogP contribution in [-0.4, -0.2) is 18.1 Å². The van der Waals surface area contributed by atoms with Crippen LogP contribution < -0.4 is 0 Å². The molecule has 0 N–H and O–H groups in total. The Kier molecular flexibility index (Phi) is 3.58. The van der Waals surface area contributed by atoms with Crippen LogP contribution in [0.5, 0.6) is 0 Å². The molecule has 7 heteroatoms. The molecule has 1 heterocycles. The number of hydrogen-bond donors (Lipinski definition) is 0. The molecule has 94 valence electrons. The maximum absolute atomic E-state index is 13.5. The second-order valence-electron chi connectivity index (χ2n) is 3.25. The van der Waals surface area contributed by atoms with Gasteiger partial charge in [0.15, 0.2) is 10.0 Å². The summed E-state index contributed by atoms with van der Waals surface area (Å²) in [6.07, 6.45) is 0. The summed E-state index contributed by atoms with van der Waals surface area (Å²) < 4.78 is 31.1. The first kappa shape index (κ1) is 12.9. The van der Waals surface area contributed by atoms with Crippen molar-refractivity contribution < 1.29 is 18.3 Å². The van der Waals surface area contributed by atoms with Gasteiger partial charge in [-0.1, -0.05) is 11.6 Å². The molecule has 0 aliphatic carbocycles. The van der Waals surface area contributed by atoms with Crippen molar-refractivity contribution in [1.29, 1.82) is 0 Å². The molecule has 0 saturated heterocycles. The fourth-order valence-corrected chi connectivity index (χ4v) is 2.52. The predicted molar refractivity (Wildman–Crippen MR) is 63.8 cm³/mol. The van der Waals surface area contributed by atoms with E-state index in [4.69, 9.17) is 11.6 Å². The second-order valence-corrected chi connectivity index (χ2v) is 4.61. The molecule has 2 aromatic rings. The minimum absolute atomic E-state index is 0.0444. The number of ether oxygens (including phenoxy) is 1. The largest absolute Gasteiger partial charge is 0.465 e. The Bertz CT molecular complexity index is 615. The van der Waals surface area contributed by atoms with E-state index < -0.39 is 17.6 Å². The van der Waals surface area contributed by atoms with Crippen molar-refractivity contribution in [2.75, 3.05) is 7.11 Å². The Hall–Kier alpha value is -1.53. The zero-order chi connectivity index (χ0) is 13.3. The van der Waals surface area contributed by atoms with E-state index in [9.17, 15) is 13.6 Å². The van der Waals surface area contributed by atoms with Gasteiger partial charge in [0.05, 0.1) is 7.11 Å². The fourth-order valence-electron chi connectivity index (χ4n) is 1.30. The van der Waals surface area contributed by atoms with Gasteiger partial charge in [-0.15, -0.1) is 11.3 Å². The number of carbonyl (C=O) groups is 1. The van der Waals surface area contributed by atoms with E-state index in [0.29, 0.717) is 0 Å². The average molecular weight is 290 g/mol. The number of benzene rings is 1. The second kappa shape index (κ2) is 4.99. The molecule has 1 aromatic carbocycles. The molecule has 0 saturated carbocycles. The van der Waals surface area contributed by atoms with Crippen molar-refractivity contribution in [2.24, 2.45) is 0 Å². The Morgan fingerprint density at radius 2 is 2.17 bits per heavy atom. The molecule has 0 radical (unpaired) electrons. The fraction of sp³-hybridized carbons (Fsp3) is 0.0909. The van der Waals surface area contributed by atoms with Gasteiger partial charge in [-0.3, -0.25) is 0 Å². The van der Waals surface area contributed by atoms with E-state index in [0.717, 1.165) is 29.5 Å². The van der Waals surface area contributed by atoms with E-state index in [1.165, 1.54) is 7.11 Å². The van der Waals surface area contributed by atoms with Crippen LogP contribution >= 0.6 is 22.9 Å². The number of thiazole rings is 1. The summed E-state index contributed by atoms with van der Waals surface area (Å²) in [6.45, 7) is 0. The number of rotatable bonds is 2. The summed E-state index contributed by atoms with van der Waals surface area (Å²) in [4.78, 5) is 15.2. The molecule has 2 rings (SSSR count). The number of methoxy groups -OCH3 is 1. The van der Waals surface area contributed by atoms with Crippen LogP contribution in [0.2, 0.25) is 5.15 Å². The molecule has 1 aromatic heterocycles. The van der Waals surface area contributed by atoms with Crippen LogP contribution in [0.3, 0.4) is 0 Å². The molecule has 3 nitrogen and oxygen atoms in total. The van der Waals surface area contributed by atoms with E-state index >= 15 is 0 Å². The highest BCUT2D eigenvalue weighted by molar-refractivity contribution is 7.17. The minimum Gasteiger partial charge on any atom is -0.465 e. The van der Waals surface area contributed by atoms with Crippen molar-refractivity contribution >= 4 is 28.9 Å². The Morgan fingerprint density at radius 3 is 2.83 bits per heavy atom. The molecular weight excluding hydrogens is 284 g/mol. The van der Waals surface area contributed by atoms with Crippen molar-refractivity contribution in [3.63, 3.8) is 0 Å². The summed E-state index contributed by atoms with van der Waals surface area (Å²) >= 11 is 6.59. The van der Waals surface area contributed by atoms with Crippen molar-refractivity contribution in [3.05, 3.63) is 39.9 Å². The van der Waals surface area contributed by atoms with Crippen molar-refractivity contribution in [3.8, 4) is 10.6 Å². The highest BCUT2D eigenvalue weighted by Gasteiger charge is 2.20. The van der Waals surface area contributed by atoms with Gasteiger partial charge >= 0.3 is 5.97 Å². The SMILES string of the molecule is COC(=O)c1sc(-c2cc(F)ccc2F)nc1Cl. The minimum atomic E-state index is -0.666. The maximum Gasteiger partial charge on any atom is 0.351 e. The van der Waals surface area contributed by atoms with Gasteiger partial charge in [0.1, 0.15) is 16.6 Å². The van der Waals surface area contributed by atoms with Crippen molar-refractivity contribution in [2.45, 2.75) is 0 Å². The van der Waals surface area contributed by atoms with E-state index in [1.54, 1.807) is 0 Å². The third kappa shape index (κ3) is 2.34. The zero-order valence-corrected chi connectivity index (χ0v) is 10.6. The van der Waals surface area contributed by atoms with Crippen LogP contribution in [0, 0.1) is 11.6 Å². The van der Waals surface area contributed by atoms with Crippen LogP contribution in [0.1, 0.15) is 9.67 Å². The molecule has 0 spiro atoms. The topological polar surface area (TPSA) is 39.2 Å². The molecule has 18 heavy (non-hydrogen) atoms. The molecule has 0 aliphatic heterocycles. The lowest BCUT2D eigenvalue weighted by molar-refractivity contribution is 0.0606. The summed E-state index contributed by atoms with van der Waals surface area (Å²) in [5.74, 6) is -1.91. The first-order valence-electron chi connectivity index (χ1n) is 4.73. The zero-order valence-electron chi connectivity index (χ0n) is 9.04. The normalized spacial score (nSPS) is 10.4. The van der Waals surface area contributed by atoms with Gasteiger partial charge in [0.25, 0.3) is 0 Å². The number of halogens is 3. The number of esters is 1. The predicted octanol–water partition coefficient (Wildman–Crippen LogP) is 3.53. The highest BCUT2D eigenvalue weighted by Crippen LogP contribution is 2.33. The molecule has 0 aliphatic rings. The number of nitrogens with zero attached hydrogens (tertiary/aromatic N) is 1. The van der Waals surface area contributed by atoms with E-state index in [1.807, 2.05) is 0 Å². The Morgan fingerprint density at radius 1 is 1.44 bits per heavy atom. The van der Waals surface area contributed by atoms with Crippen LogP contribution in [-0.2, 0) is 4.74 Å². The molecule has 0 amide bonds. The lowest BCUT2D eigenvalue weighted by Gasteiger charge is -1.98. The highest BCUT2D eigenvalue weighted by atomic mass is 35.5. The molecule has 0 unspecified atom stereocenters. The molecule has 0 fully saturated rings. The summed E-state index contributed by atoms with van der Waals surface area (Å²) in [7, 11) is 1.20. The quantitative estimate of drug-likeness (QED) is 0.794. The molecule has 0 atom stereocenters. The van der Waals surface area contributed by atoms with Crippen LogP contribution in [0.25, 0.3) is 10.6 Å².